The Morgan fingerprint density at radius 1 is 1.27 bits per heavy atom. The van der Waals surface area contributed by atoms with Crippen LogP contribution in [0.15, 0.2) is 24.3 Å². The van der Waals surface area contributed by atoms with Crippen molar-refractivity contribution in [3.63, 3.8) is 0 Å². The van der Waals surface area contributed by atoms with Gasteiger partial charge in [0.1, 0.15) is 0 Å². The Hall–Kier alpha value is -0.980. The van der Waals surface area contributed by atoms with Gasteiger partial charge in [-0.3, -0.25) is 0 Å². The van der Waals surface area contributed by atoms with E-state index < -0.39 is 0 Å². The van der Waals surface area contributed by atoms with E-state index in [0.717, 1.165) is 12.3 Å². The van der Waals surface area contributed by atoms with Crippen LogP contribution in [0, 0.1) is 5.92 Å². The highest BCUT2D eigenvalue weighted by Crippen LogP contribution is 2.23. The molecule has 1 nitrogen and oxygen atoms in total. The van der Waals surface area contributed by atoms with Crippen LogP contribution in [0.3, 0.4) is 0 Å². The Morgan fingerprint density at radius 3 is 2.60 bits per heavy atom. The summed E-state index contributed by atoms with van der Waals surface area (Å²) in [6, 6.07) is 9.07. The number of nitrogens with zero attached hydrogens (tertiary/aromatic N) is 1. The van der Waals surface area contributed by atoms with Crippen LogP contribution in [0.5, 0.6) is 0 Å². The van der Waals surface area contributed by atoms with Crippen LogP contribution in [0.2, 0.25) is 0 Å². The second-order valence-corrected chi connectivity index (χ2v) is 4.71. The zero-order chi connectivity index (χ0) is 10.7. The summed E-state index contributed by atoms with van der Waals surface area (Å²) in [6.45, 7) is 7.02. The maximum atomic E-state index is 2.52. The third-order valence-electron chi connectivity index (χ3n) is 3.37. The van der Waals surface area contributed by atoms with Crippen LogP contribution in [0.1, 0.15) is 32.3 Å². The van der Waals surface area contributed by atoms with Gasteiger partial charge in [0.05, 0.1) is 0 Å². The van der Waals surface area contributed by atoms with Crippen LogP contribution in [-0.4, -0.2) is 13.1 Å². The van der Waals surface area contributed by atoms with Crippen molar-refractivity contribution in [1.82, 2.24) is 0 Å². The molecule has 2 rings (SSSR count). The van der Waals surface area contributed by atoms with Gasteiger partial charge in [-0.2, -0.15) is 0 Å². The normalized spacial score (nSPS) is 21.7. The first kappa shape index (κ1) is 10.5. The lowest BCUT2D eigenvalue weighted by Crippen LogP contribution is -2.34. The highest BCUT2D eigenvalue weighted by atomic mass is 15.1. The van der Waals surface area contributed by atoms with Gasteiger partial charge in [0, 0.05) is 18.8 Å². The van der Waals surface area contributed by atoms with Gasteiger partial charge in [-0.05, 0) is 42.9 Å². The predicted molar refractivity (Wildman–Crippen MR) is 66.4 cm³/mol. The summed E-state index contributed by atoms with van der Waals surface area (Å²) in [7, 11) is 0. The Morgan fingerprint density at radius 2 is 2.00 bits per heavy atom. The number of aryl methyl sites for hydroxylation is 1. The molecule has 1 saturated heterocycles. The fourth-order valence-electron chi connectivity index (χ4n) is 2.37. The highest BCUT2D eigenvalue weighted by Gasteiger charge is 2.16. The van der Waals surface area contributed by atoms with Crippen molar-refractivity contribution in [2.24, 2.45) is 5.92 Å². The van der Waals surface area contributed by atoms with Crippen molar-refractivity contribution in [2.45, 2.75) is 33.1 Å². The molecule has 0 amide bonds. The molecule has 0 unspecified atom stereocenters. The van der Waals surface area contributed by atoms with E-state index in [1.807, 2.05) is 0 Å². The minimum atomic E-state index is 0.851. The molecule has 0 N–H and O–H groups in total. The summed E-state index contributed by atoms with van der Waals surface area (Å²) < 4.78 is 0. The van der Waals surface area contributed by atoms with Gasteiger partial charge in [0.2, 0.25) is 0 Å². The number of hydrogen-bond acceptors (Lipinski definition) is 1. The molecule has 1 aromatic carbocycles. The first-order chi connectivity index (χ1) is 7.29. The molecule has 1 heteroatoms. The smallest absolute Gasteiger partial charge is 0.0366 e. The van der Waals surface area contributed by atoms with Crippen molar-refractivity contribution < 1.29 is 0 Å². The highest BCUT2D eigenvalue weighted by molar-refractivity contribution is 5.48. The van der Waals surface area contributed by atoms with E-state index in [9.17, 15) is 0 Å². The topological polar surface area (TPSA) is 3.24 Å². The Labute approximate surface area is 93.1 Å². The van der Waals surface area contributed by atoms with Crippen LogP contribution in [0.25, 0.3) is 0 Å². The van der Waals surface area contributed by atoms with E-state index in [2.05, 4.69) is 43.0 Å². The summed E-state index contributed by atoms with van der Waals surface area (Å²) in [5, 5.41) is 0. The number of benzene rings is 1. The second-order valence-electron chi connectivity index (χ2n) is 4.71. The molecule has 1 aliphatic heterocycles. The number of anilines is 1. The van der Waals surface area contributed by atoms with E-state index in [1.165, 1.54) is 37.2 Å². The number of hydrogen-bond donors (Lipinski definition) is 0. The summed E-state index contributed by atoms with van der Waals surface area (Å²) in [4.78, 5) is 2.52. The number of rotatable bonds is 2. The molecule has 1 heterocycles. The molecule has 0 radical (unpaired) electrons. The molecular weight excluding hydrogens is 182 g/mol. The van der Waals surface area contributed by atoms with E-state index >= 15 is 0 Å². The quantitative estimate of drug-likeness (QED) is 0.711. The number of piperidine rings is 1. The standard InChI is InChI=1S/C14H21N/c1-3-13-6-8-14(9-7-13)15-10-4-5-12(2)11-15/h6-9,12H,3-5,10-11H2,1-2H3/t12-/m1/s1. The van der Waals surface area contributed by atoms with Gasteiger partial charge < -0.3 is 4.90 Å². The van der Waals surface area contributed by atoms with E-state index in [-0.39, 0.29) is 0 Å². The predicted octanol–water partition coefficient (Wildman–Crippen LogP) is 3.49. The third kappa shape index (κ3) is 2.53. The molecule has 1 atom stereocenters. The lowest BCUT2D eigenvalue weighted by Gasteiger charge is -2.32. The van der Waals surface area contributed by atoms with E-state index in [0.29, 0.717) is 0 Å². The zero-order valence-electron chi connectivity index (χ0n) is 9.87. The van der Waals surface area contributed by atoms with Gasteiger partial charge in [-0.1, -0.05) is 26.0 Å². The minimum Gasteiger partial charge on any atom is -0.371 e. The second kappa shape index (κ2) is 4.69. The molecule has 1 fully saturated rings. The van der Waals surface area contributed by atoms with E-state index in [1.54, 1.807) is 0 Å². The van der Waals surface area contributed by atoms with Gasteiger partial charge in [-0.25, -0.2) is 0 Å². The van der Waals surface area contributed by atoms with Crippen LogP contribution in [-0.2, 0) is 6.42 Å². The third-order valence-corrected chi connectivity index (χ3v) is 3.37. The molecule has 0 aliphatic carbocycles. The maximum Gasteiger partial charge on any atom is 0.0366 e. The first-order valence-corrected chi connectivity index (χ1v) is 6.13. The summed E-state index contributed by atoms with van der Waals surface area (Å²) >= 11 is 0. The zero-order valence-corrected chi connectivity index (χ0v) is 9.87. The van der Waals surface area contributed by atoms with Gasteiger partial charge in [-0.15, -0.1) is 0 Å². The average molecular weight is 203 g/mol. The Kier molecular flexibility index (Phi) is 3.30. The Balaban J connectivity index is 2.07. The SMILES string of the molecule is CCc1ccc(N2CCC[C@@H](C)C2)cc1. The lowest BCUT2D eigenvalue weighted by molar-refractivity contribution is 0.447. The van der Waals surface area contributed by atoms with Crippen molar-refractivity contribution in [3.8, 4) is 0 Å². The summed E-state index contributed by atoms with van der Waals surface area (Å²) in [5.74, 6) is 0.851. The molecule has 0 spiro atoms. The molecule has 15 heavy (non-hydrogen) atoms. The maximum absolute atomic E-state index is 2.52. The molecule has 82 valence electrons. The molecule has 0 saturated carbocycles. The van der Waals surface area contributed by atoms with Crippen LogP contribution in [0.4, 0.5) is 5.69 Å². The van der Waals surface area contributed by atoms with E-state index in [4.69, 9.17) is 0 Å². The van der Waals surface area contributed by atoms with Gasteiger partial charge in [0.25, 0.3) is 0 Å². The van der Waals surface area contributed by atoms with Crippen molar-refractivity contribution in [1.29, 1.82) is 0 Å². The van der Waals surface area contributed by atoms with Crippen molar-refractivity contribution >= 4 is 5.69 Å². The van der Waals surface area contributed by atoms with Crippen LogP contribution >= 0.6 is 0 Å². The van der Waals surface area contributed by atoms with Crippen molar-refractivity contribution in [3.05, 3.63) is 29.8 Å². The average Bonchev–Trinajstić information content (AvgIpc) is 2.29. The molecular formula is C14H21N. The molecule has 0 aromatic heterocycles. The molecule has 0 bridgehead atoms. The van der Waals surface area contributed by atoms with Gasteiger partial charge >= 0.3 is 0 Å². The van der Waals surface area contributed by atoms with Crippen molar-refractivity contribution in [2.75, 3.05) is 18.0 Å². The first-order valence-electron chi connectivity index (χ1n) is 6.13. The van der Waals surface area contributed by atoms with Gasteiger partial charge in [0.15, 0.2) is 0 Å². The van der Waals surface area contributed by atoms with Crippen LogP contribution < -0.4 is 4.90 Å². The lowest BCUT2D eigenvalue weighted by atomic mass is 9.99. The summed E-state index contributed by atoms with van der Waals surface area (Å²) in [6.07, 6.45) is 3.87. The molecule has 1 aromatic rings. The molecule has 1 aliphatic rings. The summed E-state index contributed by atoms with van der Waals surface area (Å²) in [5.41, 5.74) is 2.84. The minimum absolute atomic E-state index is 0.851. The Bertz CT molecular complexity index is 302. The fraction of sp³-hybridized carbons (Fsp3) is 0.571. The fourth-order valence-corrected chi connectivity index (χ4v) is 2.37. The largest absolute Gasteiger partial charge is 0.371 e. The monoisotopic (exact) mass is 203 g/mol.